The Morgan fingerprint density at radius 2 is 1.85 bits per heavy atom. The number of nitrogens with zero attached hydrogens (tertiary/aromatic N) is 2. The van der Waals surface area contributed by atoms with Crippen LogP contribution < -0.4 is 15.0 Å². The van der Waals surface area contributed by atoms with Crippen molar-refractivity contribution in [3.05, 3.63) is 47.0 Å². The first-order chi connectivity index (χ1) is 15.8. The highest BCUT2D eigenvalue weighted by Gasteiger charge is 2.30. The molecular weight excluding hydrogens is 466 g/mol. The summed E-state index contributed by atoms with van der Waals surface area (Å²) in [4.78, 5) is 26.7. The van der Waals surface area contributed by atoms with Crippen LogP contribution >= 0.6 is 11.6 Å². The first-order valence-corrected chi connectivity index (χ1v) is 12.8. The highest BCUT2D eigenvalue weighted by atomic mass is 35.5. The van der Waals surface area contributed by atoms with Crippen LogP contribution in [0.15, 0.2) is 41.3 Å². The molecule has 2 saturated heterocycles. The number of hydrogen-bond donors (Lipinski definition) is 1. The number of sulfonamides is 1. The van der Waals surface area contributed by atoms with Crippen LogP contribution in [0.3, 0.4) is 0 Å². The SMILES string of the molecule is CCOc1ccc(NC(=O)c2ccc(Cl)c(N3CCCC3=O)c2)cc1S(=O)(=O)N1CCCC1. The summed E-state index contributed by atoms with van der Waals surface area (Å²) in [6.07, 6.45) is 2.83. The van der Waals surface area contributed by atoms with Gasteiger partial charge in [-0.3, -0.25) is 9.59 Å². The molecule has 0 unspecified atom stereocenters. The maximum atomic E-state index is 13.2. The van der Waals surface area contributed by atoms with Crippen molar-refractivity contribution in [1.82, 2.24) is 4.31 Å². The van der Waals surface area contributed by atoms with E-state index in [4.69, 9.17) is 16.3 Å². The number of halogens is 1. The van der Waals surface area contributed by atoms with Crippen LogP contribution in [0.2, 0.25) is 5.02 Å². The molecule has 1 N–H and O–H groups in total. The predicted molar refractivity (Wildman–Crippen MR) is 127 cm³/mol. The van der Waals surface area contributed by atoms with E-state index < -0.39 is 15.9 Å². The Kier molecular flexibility index (Phi) is 6.92. The van der Waals surface area contributed by atoms with Crippen molar-refractivity contribution in [1.29, 1.82) is 0 Å². The Hall–Kier alpha value is -2.62. The molecule has 10 heteroatoms. The van der Waals surface area contributed by atoms with E-state index in [9.17, 15) is 18.0 Å². The Balaban J connectivity index is 1.61. The molecule has 2 aliphatic heterocycles. The Bertz CT molecular complexity index is 1180. The zero-order chi connectivity index (χ0) is 23.6. The van der Waals surface area contributed by atoms with E-state index in [1.165, 1.54) is 10.4 Å². The van der Waals surface area contributed by atoms with Crippen molar-refractivity contribution >= 4 is 44.8 Å². The van der Waals surface area contributed by atoms with Gasteiger partial charge in [0.15, 0.2) is 0 Å². The number of carbonyl (C=O) groups excluding carboxylic acids is 2. The van der Waals surface area contributed by atoms with Gasteiger partial charge in [-0.25, -0.2) is 8.42 Å². The van der Waals surface area contributed by atoms with Crippen LogP contribution in [0.1, 0.15) is 43.0 Å². The maximum Gasteiger partial charge on any atom is 0.255 e. The Morgan fingerprint density at radius 3 is 2.52 bits per heavy atom. The summed E-state index contributed by atoms with van der Waals surface area (Å²) in [5, 5.41) is 3.15. The second-order valence-corrected chi connectivity index (χ2v) is 10.3. The second kappa shape index (κ2) is 9.70. The molecule has 0 saturated carbocycles. The van der Waals surface area contributed by atoms with Crippen molar-refractivity contribution in [2.45, 2.75) is 37.5 Å². The molecule has 176 valence electrons. The maximum absolute atomic E-state index is 13.2. The number of anilines is 2. The standard InChI is InChI=1S/C23H26ClN3O5S/c1-2-32-20-10-8-17(15-21(20)33(30,31)26-11-3-4-12-26)25-23(29)16-7-9-18(24)19(14-16)27-13-5-6-22(27)28/h7-10,14-15H,2-6,11-13H2,1H3,(H,25,29). The lowest BCUT2D eigenvalue weighted by Gasteiger charge is -2.19. The number of benzene rings is 2. The molecule has 8 nitrogen and oxygen atoms in total. The first-order valence-electron chi connectivity index (χ1n) is 11.0. The predicted octanol–water partition coefficient (Wildman–Crippen LogP) is 3.90. The highest BCUT2D eigenvalue weighted by Crippen LogP contribution is 2.33. The van der Waals surface area contributed by atoms with E-state index in [-0.39, 0.29) is 16.6 Å². The Labute approximate surface area is 198 Å². The van der Waals surface area contributed by atoms with Gasteiger partial charge in [0.25, 0.3) is 5.91 Å². The number of carbonyl (C=O) groups is 2. The number of hydrogen-bond acceptors (Lipinski definition) is 5. The van der Waals surface area contributed by atoms with Crippen molar-refractivity contribution in [2.75, 3.05) is 36.5 Å². The van der Waals surface area contributed by atoms with Gasteiger partial charge in [-0.05, 0) is 62.6 Å². The average Bonchev–Trinajstić information content (AvgIpc) is 3.48. The molecule has 0 atom stereocenters. The number of ether oxygens (including phenoxy) is 1. The molecule has 0 spiro atoms. The first kappa shape index (κ1) is 23.5. The van der Waals surface area contributed by atoms with E-state index in [1.54, 1.807) is 42.2 Å². The van der Waals surface area contributed by atoms with Crippen molar-refractivity contribution < 1.29 is 22.7 Å². The molecule has 4 rings (SSSR count). The van der Waals surface area contributed by atoms with E-state index in [0.29, 0.717) is 54.6 Å². The summed E-state index contributed by atoms with van der Waals surface area (Å²) in [5.74, 6) is -0.213. The van der Waals surface area contributed by atoms with E-state index in [0.717, 1.165) is 19.3 Å². The summed E-state index contributed by atoms with van der Waals surface area (Å²) in [6.45, 7) is 3.59. The fourth-order valence-corrected chi connectivity index (χ4v) is 5.99. The summed E-state index contributed by atoms with van der Waals surface area (Å²) in [5.41, 5.74) is 1.14. The van der Waals surface area contributed by atoms with Gasteiger partial charge in [0, 0.05) is 37.3 Å². The molecule has 33 heavy (non-hydrogen) atoms. The van der Waals surface area contributed by atoms with Gasteiger partial charge in [0.2, 0.25) is 15.9 Å². The Morgan fingerprint density at radius 1 is 1.09 bits per heavy atom. The summed E-state index contributed by atoms with van der Waals surface area (Å²) < 4.78 is 33.4. The quantitative estimate of drug-likeness (QED) is 0.633. The molecule has 2 aromatic carbocycles. The lowest BCUT2D eigenvalue weighted by atomic mass is 10.1. The molecule has 0 aromatic heterocycles. The van der Waals surface area contributed by atoms with Gasteiger partial charge >= 0.3 is 0 Å². The monoisotopic (exact) mass is 491 g/mol. The molecule has 0 radical (unpaired) electrons. The molecule has 2 aliphatic rings. The fourth-order valence-electron chi connectivity index (χ4n) is 4.10. The third kappa shape index (κ3) is 4.85. The van der Waals surface area contributed by atoms with Gasteiger partial charge in [-0.2, -0.15) is 4.31 Å². The van der Waals surface area contributed by atoms with Crippen molar-refractivity contribution in [2.24, 2.45) is 0 Å². The van der Waals surface area contributed by atoms with E-state index in [2.05, 4.69) is 5.32 Å². The van der Waals surface area contributed by atoms with Crippen LogP contribution in [0.4, 0.5) is 11.4 Å². The minimum atomic E-state index is -3.75. The zero-order valence-electron chi connectivity index (χ0n) is 18.3. The molecule has 0 bridgehead atoms. The van der Waals surface area contributed by atoms with Gasteiger partial charge in [-0.15, -0.1) is 0 Å². The van der Waals surface area contributed by atoms with Gasteiger partial charge < -0.3 is 15.0 Å². The number of amides is 2. The van der Waals surface area contributed by atoms with Gasteiger partial charge in [0.05, 0.1) is 17.3 Å². The number of rotatable bonds is 7. The van der Waals surface area contributed by atoms with Crippen LogP contribution in [-0.2, 0) is 14.8 Å². The number of nitrogens with one attached hydrogen (secondary N) is 1. The van der Waals surface area contributed by atoms with Gasteiger partial charge in [-0.1, -0.05) is 11.6 Å². The smallest absolute Gasteiger partial charge is 0.255 e. The van der Waals surface area contributed by atoms with Crippen LogP contribution in [0, 0.1) is 0 Å². The summed E-state index contributed by atoms with van der Waals surface area (Å²) >= 11 is 6.28. The lowest BCUT2D eigenvalue weighted by molar-refractivity contribution is -0.117. The molecule has 0 aliphatic carbocycles. The third-order valence-electron chi connectivity index (χ3n) is 5.76. The van der Waals surface area contributed by atoms with Crippen molar-refractivity contribution in [3.8, 4) is 5.75 Å². The van der Waals surface area contributed by atoms with Crippen molar-refractivity contribution in [3.63, 3.8) is 0 Å². The third-order valence-corrected chi connectivity index (χ3v) is 8.00. The zero-order valence-corrected chi connectivity index (χ0v) is 19.9. The van der Waals surface area contributed by atoms with E-state index in [1.807, 2.05) is 0 Å². The molecule has 2 heterocycles. The van der Waals surface area contributed by atoms with Gasteiger partial charge in [0.1, 0.15) is 10.6 Å². The molecule has 2 fully saturated rings. The molecular formula is C23H26ClN3O5S. The highest BCUT2D eigenvalue weighted by molar-refractivity contribution is 7.89. The average molecular weight is 492 g/mol. The van der Waals surface area contributed by atoms with E-state index >= 15 is 0 Å². The van der Waals surface area contributed by atoms with Crippen LogP contribution in [-0.4, -0.2) is 50.8 Å². The topological polar surface area (TPSA) is 96.0 Å². The summed E-state index contributed by atoms with van der Waals surface area (Å²) in [6, 6.07) is 9.32. The fraction of sp³-hybridized carbons (Fsp3) is 0.391. The minimum absolute atomic E-state index is 0.0299. The molecule has 2 aromatic rings. The second-order valence-electron chi connectivity index (χ2n) is 7.97. The normalized spacial score (nSPS) is 16.9. The minimum Gasteiger partial charge on any atom is -0.492 e. The largest absolute Gasteiger partial charge is 0.492 e. The molecule has 2 amide bonds. The van der Waals surface area contributed by atoms with Crippen LogP contribution in [0.5, 0.6) is 5.75 Å². The summed E-state index contributed by atoms with van der Waals surface area (Å²) in [7, 11) is -3.75. The lowest BCUT2D eigenvalue weighted by Crippen LogP contribution is -2.28. The van der Waals surface area contributed by atoms with Crippen LogP contribution in [0.25, 0.3) is 0 Å².